The van der Waals surface area contributed by atoms with Crippen LogP contribution in [0.2, 0.25) is 10.0 Å². The van der Waals surface area contributed by atoms with E-state index >= 15 is 0 Å². The number of carbonyl (C=O) groups is 1. The van der Waals surface area contributed by atoms with E-state index in [4.69, 9.17) is 23.2 Å². The molecule has 0 aliphatic carbocycles. The maximum Gasteiger partial charge on any atom is 0.433 e. The fourth-order valence-corrected chi connectivity index (χ4v) is 3.51. The summed E-state index contributed by atoms with van der Waals surface area (Å²) >= 11 is 12.0. The molecule has 10 heteroatoms. The number of halogens is 5. The Morgan fingerprint density at radius 1 is 1.07 bits per heavy atom. The Morgan fingerprint density at radius 2 is 1.76 bits per heavy atom. The predicted molar refractivity (Wildman–Crippen MR) is 106 cm³/mol. The smallest absolute Gasteiger partial charge is 0.324 e. The molecular weight excluding hydrogens is 428 g/mol. The van der Waals surface area contributed by atoms with Gasteiger partial charge in [0.25, 0.3) is 0 Å². The first-order valence-corrected chi connectivity index (χ1v) is 9.69. The molecule has 1 aliphatic heterocycles. The molecule has 0 spiro atoms. The van der Waals surface area contributed by atoms with Crippen molar-refractivity contribution in [3.63, 3.8) is 0 Å². The maximum atomic E-state index is 13.1. The fourth-order valence-electron chi connectivity index (χ4n) is 3.16. The van der Waals surface area contributed by atoms with Crippen LogP contribution in [0, 0.1) is 0 Å². The van der Waals surface area contributed by atoms with Crippen LogP contribution in [0.25, 0.3) is 0 Å². The Bertz CT molecular complexity index is 871. The lowest BCUT2D eigenvalue weighted by Crippen LogP contribution is -2.48. The summed E-state index contributed by atoms with van der Waals surface area (Å²) in [4.78, 5) is 19.6. The Morgan fingerprint density at radius 3 is 2.45 bits per heavy atom. The lowest BCUT2D eigenvalue weighted by atomic mass is 10.1. The third-order valence-electron chi connectivity index (χ3n) is 4.61. The van der Waals surface area contributed by atoms with E-state index in [1.807, 2.05) is 9.80 Å². The van der Waals surface area contributed by atoms with Crippen LogP contribution in [0.1, 0.15) is 11.3 Å². The number of aromatic nitrogens is 1. The molecule has 29 heavy (non-hydrogen) atoms. The number of anilines is 1. The summed E-state index contributed by atoms with van der Waals surface area (Å²) in [5.41, 5.74) is -0.249. The van der Waals surface area contributed by atoms with E-state index in [9.17, 15) is 18.0 Å². The second-order valence-corrected chi connectivity index (χ2v) is 7.50. The molecule has 0 atom stereocenters. The number of alkyl halides is 3. The number of piperazine rings is 1. The van der Waals surface area contributed by atoms with Crippen molar-refractivity contribution in [1.82, 2.24) is 14.8 Å². The number of hydrogen-bond acceptors (Lipinski definition) is 4. The molecule has 2 heterocycles. The zero-order valence-electron chi connectivity index (χ0n) is 15.3. The summed E-state index contributed by atoms with van der Waals surface area (Å²) in [6.07, 6.45) is -3.33. The van der Waals surface area contributed by atoms with E-state index < -0.39 is 11.9 Å². The average Bonchev–Trinajstić information content (AvgIpc) is 2.67. The van der Waals surface area contributed by atoms with Gasteiger partial charge in [0.15, 0.2) is 0 Å². The van der Waals surface area contributed by atoms with Gasteiger partial charge in [0.2, 0.25) is 5.91 Å². The molecule has 3 rings (SSSR count). The molecule has 5 nitrogen and oxygen atoms in total. The maximum absolute atomic E-state index is 13.1. The highest BCUT2D eigenvalue weighted by Gasteiger charge is 2.35. The molecule has 0 unspecified atom stereocenters. The summed E-state index contributed by atoms with van der Waals surface area (Å²) in [6, 6.07) is 7.94. The Hall–Kier alpha value is -1.87. The van der Waals surface area contributed by atoms with Gasteiger partial charge in [-0.05, 0) is 23.8 Å². The molecule has 0 bridgehead atoms. The van der Waals surface area contributed by atoms with Gasteiger partial charge in [0, 0.05) is 38.9 Å². The molecule has 0 saturated carbocycles. The van der Waals surface area contributed by atoms with E-state index in [0.29, 0.717) is 36.9 Å². The topological polar surface area (TPSA) is 48.5 Å². The van der Waals surface area contributed by atoms with E-state index in [2.05, 4.69) is 10.3 Å². The van der Waals surface area contributed by atoms with Crippen LogP contribution in [-0.2, 0) is 17.5 Å². The van der Waals surface area contributed by atoms with Crippen molar-refractivity contribution in [3.05, 3.63) is 57.8 Å². The van der Waals surface area contributed by atoms with Crippen LogP contribution < -0.4 is 5.32 Å². The van der Waals surface area contributed by atoms with Gasteiger partial charge >= 0.3 is 6.18 Å². The minimum atomic E-state index is -4.47. The van der Waals surface area contributed by atoms with Crippen molar-refractivity contribution in [1.29, 1.82) is 0 Å². The number of benzene rings is 1. The summed E-state index contributed by atoms with van der Waals surface area (Å²) < 4.78 is 39.3. The zero-order chi connectivity index (χ0) is 21.0. The Kier molecular flexibility index (Phi) is 7.00. The third kappa shape index (κ3) is 5.82. The first-order chi connectivity index (χ1) is 13.7. The quantitative estimate of drug-likeness (QED) is 0.748. The summed E-state index contributed by atoms with van der Waals surface area (Å²) in [5, 5.41) is 3.36. The number of pyridine rings is 1. The van der Waals surface area contributed by atoms with Gasteiger partial charge in [-0.3, -0.25) is 19.6 Å². The molecule has 1 aromatic carbocycles. The van der Waals surface area contributed by atoms with Crippen molar-refractivity contribution >= 4 is 34.8 Å². The van der Waals surface area contributed by atoms with E-state index in [-0.39, 0.29) is 29.6 Å². The fraction of sp³-hybridized carbons (Fsp3) is 0.368. The number of hydrogen-bond donors (Lipinski definition) is 1. The highest BCUT2D eigenvalue weighted by molar-refractivity contribution is 6.44. The van der Waals surface area contributed by atoms with Gasteiger partial charge < -0.3 is 5.32 Å². The van der Waals surface area contributed by atoms with E-state index in [0.717, 1.165) is 6.20 Å². The molecule has 0 radical (unpaired) electrons. The van der Waals surface area contributed by atoms with Crippen molar-refractivity contribution in [2.75, 3.05) is 38.0 Å². The van der Waals surface area contributed by atoms with E-state index in [1.54, 1.807) is 18.2 Å². The Balaban J connectivity index is 1.51. The Labute approximate surface area is 176 Å². The molecular formula is C19H19Cl2F3N4O. The van der Waals surface area contributed by atoms with Gasteiger partial charge in [-0.1, -0.05) is 35.3 Å². The average molecular weight is 447 g/mol. The van der Waals surface area contributed by atoms with E-state index in [1.165, 1.54) is 12.1 Å². The lowest BCUT2D eigenvalue weighted by Gasteiger charge is -2.34. The molecule has 1 fully saturated rings. The van der Waals surface area contributed by atoms with Crippen molar-refractivity contribution in [3.8, 4) is 0 Å². The molecule has 1 saturated heterocycles. The molecule has 156 valence electrons. The highest BCUT2D eigenvalue weighted by Crippen LogP contribution is 2.31. The van der Waals surface area contributed by atoms with Crippen LogP contribution >= 0.6 is 23.2 Å². The normalized spacial score (nSPS) is 16.0. The molecule has 1 aromatic heterocycles. The standard InChI is InChI=1S/C19H19Cl2F3N4O/c20-14-4-1-5-15(17(14)21)26-16(29)12-28-9-7-27(8-10-28)11-13-3-2-6-25-18(13)19(22,23)24/h1-6H,7-12H2,(H,26,29). The van der Waals surface area contributed by atoms with Gasteiger partial charge in [0.05, 0.1) is 22.3 Å². The number of nitrogens with one attached hydrogen (secondary N) is 1. The van der Waals surface area contributed by atoms with Gasteiger partial charge in [-0.15, -0.1) is 0 Å². The van der Waals surface area contributed by atoms with Crippen molar-refractivity contribution < 1.29 is 18.0 Å². The van der Waals surface area contributed by atoms with Crippen molar-refractivity contribution in [2.45, 2.75) is 12.7 Å². The largest absolute Gasteiger partial charge is 0.433 e. The number of rotatable bonds is 5. The number of carbonyl (C=O) groups excluding carboxylic acids is 1. The molecule has 1 aliphatic rings. The van der Waals surface area contributed by atoms with Crippen LogP contribution in [-0.4, -0.2) is 53.4 Å². The summed E-state index contributed by atoms with van der Waals surface area (Å²) in [7, 11) is 0. The van der Waals surface area contributed by atoms with Gasteiger partial charge in [-0.25, -0.2) is 0 Å². The first-order valence-electron chi connectivity index (χ1n) is 8.93. The predicted octanol–water partition coefficient (Wildman–Crippen LogP) is 4.16. The number of nitrogens with zero attached hydrogens (tertiary/aromatic N) is 3. The monoisotopic (exact) mass is 446 g/mol. The van der Waals surface area contributed by atoms with Crippen LogP contribution in [0.15, 0.2) is 36.5 Å². The number of amides is 1. The first kappa shape index (κ1) is 21.8. The van der Waals surface area contributed by atoms with Crippen LogP contribution in [0.4, 0.5) is 18.9 Å². The summed E-state index contributed by atoms with van der Waals surface area (Å²) in [5.74, 6) is -0.228. The SMILES string of the molecule is O=C(CN1CCN(Cc2cccnc2C(F)(F)F)CC1)Nc1cccc(Cl)c1Cl. The summed E-state index contributed by atoms with van der Waals surface area (Å²) in [6.45, 7) is 2.57. The van der Waals surface area contributed by atoms with Gasteiger partial charge in [-0.2, -0.15) is 13.2 Å². The minimum absolute atomic E-state index is 0.154. The highest BCUT2D eigenvalue weighted by atomic mass is 35.5. The molecule has 1 amide bonds. The lowest BCUT2D eigenvalue weighted by molar-refractivity contribution is -0.142. The zero-order valence-corrected chi connectivity index (χ0v) is 16.9. The minimum Gasteiger partial charge on any atom is -0.324 e. The van der Waals surface area contributed by atoms with Crippen molar-refractivity contribution in [2.24, 2.45) is 0 Å². The molecule has 2 aromatic rings. The third-order valence-corrected chi connectivity index (χ3v) is 5.43. The second-order valence-electron chi connectivity index (χ2n) is 6.71. The van der Waals surface area contributed by atoms with Gasteiger partial charge in [0.1, 0.15) is 5.69 Å². The van der Waals surface area contributed by atoms with Crippen LogP contribution in [0.3, 0.4) is 0 Å². The molecule has 1 N–H and O–H groups in total. The second kappa shape index (κ2) is 9.30. The van der Waals surface area contributed by atoms with Crippen LogP contribution in [0.5, 0.6) is 0 Å².